The van der Waals surface area contributed by atoms with Crippen LogP contribution in [0.2, 0.25) is 0 Å². The molecule has 6 aromatic rings. The molecule has 45 heavy (non-hydrogen) atoms. The second-order valence-electron chi connectivity index (χ2n) is 9.90. The number of nitrogens with zero attached hydrogens (tertiary/aromatic N) is 2. The van der Waals surface area contributed by atoms with Gasteiger partial charge in [-0.05, 0) is 11.1 Å². The summed E-state index contributed by atoms with van der Waals surface area (Å²) in [5, 5.41) is 24.5. The summed E-state index contributed by atoms with van der Waals surface area (Å²) in [6, 6.07) is 27.4. The van der Waals surface area contributed by atoms with Gasteiger partial charge in [0.25, 0.3) is 0 Å². The van der Waals surface area contributed by atoms with Crippen LogP contribution in [-0.4, -0.2) is 21.8 Å². The van der Waals surface area contributed by atoms with Crippen LogP contribution in [0.1, 0.15) is 17.5 Å². The van der Waals surface area contributed by atoms with Gasteiger partial charge >= 0.3 is 23.7 Å². The van der Waals surface area contributed by atoms with Crippen LogP contribution < -0.4 is 0 Å². The van der Waals surface area contributed by atoms with Crippen LogP contribution in [0.3, 0.4) is 0 Å². The Kier molecular flexibility index (Phi) is 7.76. The lowest BCUT2D eigenvalue weighted by Crippen LogP contribution is -2.14. The largest absolute Gasteiger partial charge is 0.460 e. The molecule has 6 rings (SSSR count). The number of ether oxygens (including phenoxy) is 2. The number of fused-ring (bicyclic) bond motifs is 2. The number of rotatable bonds is 10. The molecule has 224 valence electrons. The zero-order valence-corrected chi connectivity index (χ0v) is 23.3. The zero-order chi connectivity index (χ0) is 31.5. The van der Waals surface area contributed by atoms with Crippen LogP contribution in [-0.2, 0) is 32.3 Å². The van der Waals surface area contributed by atoms with Gasteiger partial charge < -0.3 is 18.3 Å². The summed E-state index contributed by atoms with van der Waals surface area (Å²) >= 11 is 0. The first-order chi connectivity index (χ1) is 21.8. The van der Waals surface area contributed by atoms with E-state index >= 15 is 0 Å². The molecule has 0 saturated carbocycles. The van der Waals surface area contributed by atoms with Crippen molar-refractivity contribution >= 4 is 45.6 Å². The van der Waals surface area contributed by atoms with Crippen LogP contribution in [0.4, 0.5) is 11.8 Å². The van der Waals surface area contributed by atoms with Crippen LogP contribution in [0.5, 0.6) is 0 Å². The molecule has 12 nitrogen and oxygen atoms in total. The second-order valence-corrected chi connectivity index (χ2v) is 9.90. The third-order valence-corrected chi connectivity index (χ3v) is 7.08. The number of carbonyl (C=O) groups is 2. The molecule has 0 radical (unpaired) electrons. The molecule has 0 aliphatic heterocycles. The highest BCUT2D eigenvalue weighted by molar-refractivity contribution is 6.01. The predicted molar refractivity (Wildman–Crippen MR) is 161 cm³/mol. The van der Waals surface area contributed by atoms with E-state index in [1.807, 2.05) is 0 Å². The van der Waals surface area contributed by atoms with E-state index in [0.29, 0.717) is 44.2 Å². The van der Waals surface area contributed by atoms with Gasteiger partial charge in [0.2, 0.25) is 0 Å². The minimum absolute atomic E-state index is 0.189. The molecule has 0 bridgehead atoms. The fraction of sp³-hybridized carbons (Fsp3) is 0.0909. The molecule has 4 aromatic carbocycles. The lowest BCUT2D eigenvalue weighted by Gasteiger charge is -2.07. The predicted octanol–water partition coefficient (Wildman–Crippen LogP) is 7.51. The van der Waals surface area contributed by atoms with E-state index in [4.69, 9.17) is 18.3 Å². The number of nitro groups is 2. The molecule has 0 saturated heterocycles. The van der Waals surface area contributed by atoms with Gasteiger partial charge in [0.05, 0.1) is 0 Å². The number of para-hydroxylation sites is 2. The molecule has 2 heterocycles. The average molecular weight is 607 g/mol. The van der Waals surface area contributed by atoms with Gasteiger partial charge in [-0.25, -0.2) is 0 Å². The number of carbonyl (C=O) groups excluding carboxylic acids is 2. The second kappa shape index (κ2) is 12.1. The number of furan rings is 2. The van der Waals surface area contributed by atoms with Crippen molar-refractivity contribution < 1.29 is 37.7 Å². The fourth-order valence-electron chi connectivity index (χ4n) is 5.12. The van der Waals surface area contributed by atoms with Crippen molar-refractivity contribution in [2.45, 2.75) is 19.6 Å². The molecule has 12 heteroatoms. The molecular formula is C33H22N2O10. The summed E-state index contributed by atoms with van der Waals surface area (Å²) in [6.45, 7) is -0.611. The van der Waals surface area contributed by atoms with E-state index in [0.717, 1.165) is 0 Å². The SMILES string of the molecule is O=C(CC(=O)OCc1cccc2c(-c3ccccc3)c([N+](=O)[O-])oc12)OCc1cccc2c(-c3ccccc3)c([N+](=O)[O-])oc12. The monoisotopic (exact) mass is 606 g/mol. The van der Waals surface area contributed by atoms with Gasteiger partial charge in [-0.3, -0.25) is 29.8 Å². The van der Waals surface area contributed by atoms with Crippen molar-refractivity contribution in [3.63, 3.8) is 0 Å². The summed E-state index contributed by atoms with van der Waals surface area (Å²) in [6.07, 6.45) is -0.715. The van der Waals surface area contributed by atoms with E-state index in [1.165, 1.54) is 0 Å². The highest BCUT2D eigenvalue weighted by atomic mass is 16.7. The van der Waals surface area contributed by atoms with Crippen molar-refractivity contribution in [1.82, 2.24) is 0 Å². The molecule has 0 aliphatic rings. The average Bonchev–Trinajstić information content (AvgIpc) is 3.64. The Labute approximate surface area is 253 Å². The van der Waals surface area contributed by atoms with Gasteiger partial charge in [0, 0.05) is 21.9 Å². The molecule has 0 N–H and O–H groups in total. The summed E-state index contributed by atoms with van der Waals surface area (Å²) in [7, 11) is 0. The summed E-state index contributed by atoms with van der Waals surface area (Å²) in [5.41, 5.74) is 2.93. The fourth-order valence-corrected chi connectivity index (χ4v) is 5.12. The Balaban J connectivity index is 1.14. The number of benzene rings is 4. The summed E-state index contributed by atoms with van der Waals surface area (Å²) in [5.74, 6) is -2.66. The first-order valence-corrected chi connectivity index (χ1v) is 13.6. The maximum absolute atomic E-state index is 12.5. The van der Waals surface area contributed by atoms with Gasteiger partial charge in [-0.2, -0.15) is 0 Å². The third-order valence-electron chi connectivity index (χ3n) is 7.08. The van der Waals surface area contributed by atoms with Gasteiger partial charge in [0.1, 0.15) is 51.8 Å². The standard InChI is InChI=1S/C33H22N2O10/c36-26(42-18-22-13-7-15-24-28(20-9-3-1-4-10-20)32(34(38)39)44-30(22)24)17-27(37)43-19-23-14-8-16-25-29(21-11-5-2-6-12-21)33(35(40)41)45-31(23)25/h1-16H,17-19H2. The van der Waals surface area contributed by atoms with Crippen molar-refractivity contribution in [2.24, 2.45) is 0 Å². The first kappa shape index (κ1) is 28.8. The van der Waals surface area contributed by atoms with Crippen molar-refractivity contribution in [1.29, 1.82) is 0 Å². The minimum atomic E-state index is -0.889. The number of hydrogen-bond donors (Lipinski definition) is 0. The number of esters is 2. The van der Waals surface area contributed by atoms with Crippen LogP contribution in [0.25, 0.3) is 44.2 Å². The van der Waals surface area contributed by atoms with E-state index in [1.54, 1.807) is 97.1 Å². The van der Waals surface area contributed by atoms with E-state index in [9.17, 15) is 29.8 Å². The summed E-state index contributed by atoms with van der Waals surface area (Å²) in [4.78, 5) is 47.3. The quantitative estimate of drug-likeness (QED) is 0.0659. The minimum Gasteiger partial charge on any atom is -0.460 e. The summed E-state index contributed by atoms with van der Waals surface area (Å²) < 4.78 is 21.8. The Bertz CT molecular complexity index is 1930. The highest BCUT2D eigenvalue weighted by Gasteiger charge is 2.28. The van der Waals surface area contributed by atoms with Crippen molar-refractivity contribution in [3.05, 3.63) is 128 Å². The molecule has 0 spiro atoms. The van der Waals surface area contributed by atoms with Crippen molar-refractivity contribution in [2.75, 3.05) is 0 Å². The Hall–Kier alpha value is -6.30. The molecule has 0 aliphatic carbocycles. The molecule has 0 unspecified atom stereocenters. The Morgan fingerprint density at radius 1 is 0.578 bits per heavy atom. The number of hydrogen-bond acceptors (Lipinski definition) is 10. The van der Waals surface area contributed by atoms with Gasteiger partial charge in [-0.1, -0.05) is 97.1 Å². The maximum Gasteiger partial charge on any atom is 0.442 e. The molecule has 0 atom stereocenters. The van der Waals surface area contributed by atoms with Crippen LogP contribution >= 0.6 is 0 Å². The highest BCUT2D eigenvalue weighted by Crippen LogP contribution is 2.42. The maximum atomic E-state index is 12.5. The van der Waals surface area contributed by atoms with E-state index < -0.39 is 40.0 Å². The lowest BCUT2D eigenvalue weighted by molar-refractivity contribution is -0.400. The van der Waals surface area contributed by atoms with Crippen LogP contribution in [0.15, 0.2) is 106 Å². The normalized spacial score (nSPS) is 11.0. The lowest BCUT2D eigenvalue weighted by atomic mass is 10.0. The Morgan fingerprint density at radius 3 is 1.36 bits per heavy atom. The molecule has 2 aromatic heterocycles. The van der Waals surface area contributed by atoms with Gasteiger partial charge in [0.15, 0.2) is 0 Å². The molecule has 0 fully saturated rings. The van der Waals surface area contributed by atoms with E-state index in [2.05, 4.69) is 0 Å². The van der Waals surface area contributed by atoms with Crippen molar-refractivity contribution in [3.8, 4) is 22.3 Å². The topological polar surface area (TPSA) is 165 Å². The first-order valence-electron chi connectivity index (χ1n) is 13.6. The van der Waals surface area contributed by atoms with E-state index in [-0.39, 0.29) is 24.4 Å². The smallest absolute Gasteiger partial charge is 0.442 e. The van der Waals surface area contributed by atoms with Gasteiger partial charge in [-0.15, -0.1) is 0 Å². The molecular weight excluding hydrogens is 584 g/mol. The zero-order valence-electron chi connectivity index (χ0n) is 23.3. The molecule has 0 amide bonds. The Morgan fingerprint density at radius 2 is 0.978 bits per heavy atom. The van der Waals surface area contributed by atoms with Crippen LogP contribution in [0, 0.1) is 20.2 Å². The third kappa shape index (κ3) is 5.71.